The molecule has 0 bridgehead atoms. The average molecular weight is 333 g/mol. The number of benzene rings is 2. The Labute approximate surface area is 145 Å². The normalized spacial score (nSPS) is 14.2. The van der Waals surface area contributed by atoms with Crippen molar-refractivity contribution in [3.8, 4) is 0 Å². The summed E-state index contributed by atoms with van der Waals surface area (Å²) in [4.78, 5) is 27.6. The van der Waals surface area contributed by atoms with Crippen LogP contribution in [0.1, 0.15) is 28.9 Å². The third-order valence-corrected chi connectivity index (χ3v) is 4.64. The van der Waals surface area contributed by atoms with E-state index in [-0.39, 0.29) is 11.5 Å². The molecule has 0 saturated carbocycles. The van der Waals surface area contributed by atoms with Crippen LogP contribution in [0.4, 0.5) is 0 Å². The topological polar surface area (TPSA) is 55.2 Å². The number of likely N-dealkylation sites (tertiary alicyclic amines) is 1. The SMILES string of the molecule is O=C(c1nn(Cc2ccccc2)c(=O)c2ccccc12)N1CCCC1. The molecular formula is C20H19N3O2. The highest BCUT2D eigenvalue weighted by atomic mass is 16.2. The van der Waals surface area contributed by atoms with Crippen molar-refractivity contribution in [2.45, 2.75) is 19.4 Å². The molecule has 25 heavy (non-hydrogen) atoms. The zero-order valence-corrected chi connectivity index (χ0v) is 13.9. The van der Waals surface area contributed by atoms with E-state index in [9.17, 15) is 9.59 Å². The summed E-state index contributed by atoms with van der Waals surface area (Å²) in [6.07, 6.45) is 2.04. The van der Waals surface area contributed by atoms with E-state index in [4.69, 9.17) is 0 Å². The van der Waals surface area contributed by atoms with Gasteiger partial charge in [0, 0.05) is 18.5 Å². The fraction of sp³-hybridized carbons (Fsp3) is 0.250. The van der Waals surface area contributed by atoms with Crippen molar-refractivity contribution in [2.24, 2.45) is 0 Å². The molecular weight excluding hydrogens is 314 g/mol. The standard InChI is InChI=1S/C20H19N3O2/c24-19-17-11-5-4-10-16(17)18(20(25)22-12-6-7-13-22)21-23(19)14-15-8-2-1-3-9-15/h1-5,8-11H,6-7,12-14H2. The Balaban J connectivity index is 1.85. The molecule has 0 unspecified atom stereocenters. The number of nitrogens with zero attached hydrogens (tertiary/aromatic N) is 3. The van der Waals surface area contributed by atoms with Crippen LogP contribution >= 0.6 is 0 Å². The number of hydrogen-bond donors (Lipinski definition) is 0. The second-order valence-corrected chi connectivity index (χ2v) is 6.34. The van der Waals surface area contributed by atoms with E-state index in [1.807, 2.05) is 47.4 Å². The molecule has 5 heteroatoms. The first-order chi connectivity index (χ1) is 12.2. The number of aromatic nitrogens is 2. The van der Waals surface area contributed by atoms with Gasteiger partial charge < -0.3 is 4.90 Å². The molecule has 0 radical (unpaired) electrons. The van der Waals surface area contributed by atoms with Crippen LogP contribution in [0.5, 0.6) is 0 Å². The highest BCUT2D eigenvalue weighted by Gasteiger charge is 2.24. The molecule has 126 valence electrons. The second kappa shape index (κ2) is 6.51. The first-order valence-electron chi connectivity index (χ1n) is 8.57. The fourth-order valence-electron chi connectivity index (χ4n) is 3.33. The maximum atomic E-state index is 12.9. The van der Waals surface area contributed by atoms with Crippen LogP contribution in [0, 0.1) is 0 Å². The minimum absolute atomic E-state index is 0.0875. The van der Waals surface area contributed by atoms with Crippen molar-refractivity contribution in [3.63, 3.8) is 0 Å². The highest BCUT2D eigenvalue weighted by molar-refractivity contribution is 6.04. The van der Waals surface area contributed by atoms with Gasteiger partial charge in [-0.2, -0.15) is 5.10 Å². The third-order valence-electron chi connectivity index (χ3n) is 4.64. The van der Waals surface area contributed by atoms with E-state index >= 15 is 0 Å². The first kappa shape index (κ1) is 15.6. The number of rotatable bonds is 3. The lowest BCUT2D eigenvalue weighted by Gasteiger charge is -2.17. The van der Waals surface area contributed by atoms with Crippen LogP contribution in [-0.2, 0) is 6.54 Å². The fourth-order valence-corrected chi connectivity index (χ4v) is 3.33. The minimum Gasteiger partial charge on any atom is -0.337 e. The van der Waals surface area contributed by atoms with E-state index < -0.39 is 0 Å². The van der Waals surface area contributed by atoms with Crippen molar-refractivity contribution in [1.29, 1.82) is 0 Å². The molecule has 1 amide bonds. The quantitative estimate of drug-likeness (QED) is 0.740. The Hall–Kier alpha value is -2.95. The van der Waals surface area contributed by atoms with Crippen LogP contribution in [0.25, 0.3) is 10.8 Å². The summed E-state index contributed by atoms with van der Waals surface area (Å²) in [6, 6.07) is 16.9. The summed E-state index contributed by atoms with van der Waals surface area (Å²) in [5.74, 6) is -0.0875. The summed E-state index contributed by atoms with van der Waals surface area (Å²) >= 11 is 0. The van der Waals surface area contributed by atoms with E-state index in [0.717, 1.165) is 31.5 Å². The molecule has 0 aliphatic carbocycles. The molecule has 1 aromatic heterocycles. The number of carbonyl (C=O) groups excluding carboxylic acids is 1. The molecule has 1 aliphatic rings. The van der Waals surface area contributed by atoms with Crippen LogP contribution in [0.3, 0.4) is 0 Å². The molecule has 1 aliphatic heterocycles. The molecule has 3 aromatic rings. The van der Waals surface area contributed by atoms with Gasteiger partial charge >= 0.3 is 0 Å². The Morgan fingerprint density at radius 1 is 0.920 bits per heavy atom. The van der Waals surface area contributed by atoms with Crippen LogP contribution < -0.4 is 5.56 Å². The monoisotopic (exact) mass is 333 g/mol. The summed E-state index contributed by atoms with van der Waals surface area (Å²) in [6.45, 7) is 1.87. The number of hydrogen-bond acceptors (Lipinski definition) is 3. The Kier molecular flexibility index (Phi) is 4.06. The van der Waals surface area contributed by atoms with Crippen molar-refractivity contribution in [1.82, 2.24) is 14.7 Å². The molecule has 1 fully saturated rings. The molecule has 2 heterocycles. The molecule has 1 saturated heterocycles. The lowest BCUT2D eigenvalue weighted by Crippen LogP contribution is -2.32. The minimum atomic E-state index is -0.169. The molecule has 4 rings (SSSR count). The summed E-state index contributed by atoms with van der Waals surface area (Å²) < 4.78 is 1.40. The predicted molar refractivity (Wildman–Crippen MR) is 96.7 cm³/mol. The highest BCUT2D eigenvalue weighted by Crippen LogP contribution is 2.18. The van der Waals surface area contributed by atoms with E-state index in [2.05, 4.69) is 5.10 Å². The van der Waals surface area contributed by atoms with Crippen LogP contribution in [0.15, 0.2) is 59.4 Å². The van der Waals surface area contributed by atoms with Crippen molar-refractivity contribution in [2.75, 3.05) is 13.1 Å². The van der Waals surface area contributed by atoms with Gasteiger partial charge in [0.2, 0.25) is 0 Å². The van der Waals surface area contributed by atoms with Gasteiger partial charge in [0.1, 0.15) is 0 Å². The van der Waals surface area contributed by atoms with E-state index in [1.165, 1.54) is 4.68 Å². The zero-order chi connectivity index (χ0) is 17.2. The summed E-state index contributed by atoms with van der Waals surface area (Å²) in [5, 5.41) is 5.62. The number of fused-ring (bicyclic) bond motifs is 1. The first-order valence-corrected chi connectivity index (χ1v) is 8.57. The number of amides is 1. The molecule has 2 aromatic carbocycles. The van der Waals surface area contributed by atoms with Crippen molar-refractivity contribution >= 4 is 16.7 Å². The summed E-state index contributed by atoms with van der Waals surface area (Å²) in [7, 11) is 0. The average Bonchev–Trinajstić information content (AvgIpc) is 3.19. The van der Waals surface area contributed by atoms with E-state index in [0.29, 0.717) is 23.0 Å². The molecule has 5 nitrogen and oxygen atoms in total. The van der Waals surface area contributed by atoms with Crippen LogP contribution in [-0.4, -0.2) is 33.7 Å². The lowest BCUT2D eigenvalue weighted by molar-refractivity contribution is 0.0786. The second-order valence-electron chi connectivity index (χ2n) is 6.34. The van der Waals surface area contributed by atoms with Crippen LogP contribution in [0.2, 0.25) is 0 Å². The van der Waals surface area contributed by atoms with Gasteiger partial charge in [0.25, 0.3) is 11.5 Å². The predicted octanol–water partition coefficient (Wildman–Crippen LogP) is 2.68. The molecule has 0 N–H and O–H groups in total. The smallest absolute Gasteiger partial charge is 0.274 e. The van der Waals surface area contributed by atoms with Gasteiger partial charge in [-0.1, -0.05) is 48.5 Å². The Bertz CT molecular complexity index is 973. The molecule has 0 atom stereocenters. The maximum Gasteiger partial charge on any atom is 0.274 e. The largest absolute Gasteiger partial charge is 0.337 e. The van der Waals surface area contributed by atoms with Crippen molar-refractivity contribution in [3.05, 3.63) is 76.2 Å². The van der Waals surface area contributed by atoms with Gasteiger partial charge in [-0.25, -0.2) is 4.68 Å². The van der Waals surface area contributed by atoms with Gasteiger partial charge in [-0.15, -0.1) is 0 Å². The zero-order valence-electron chi connectivity index (χ0n) is 13.9. The van der Waals surface area contributed by atoms with Gasteiger partial charge in [0.15, 0.2) is 5.69 Å². The third kappa shape index (κ3) is 2.93. The number of carbonyl (C=O) groups is 1. The van der Waals surface area contributed by atoms with E-state index in [1.54, 1.807) is 12.1 Å². The van der Waals surface area contributed by atoms with Gasteiger partial charge in [-0.05, 0) is 24.5 Å². The molecule has 0 spiro atoms. The van der Waals surface area contributed by atoms with Gasteiger partial charge in [-0.3, -0.25) is 9.59 Å². The van der Waals surface area contributed by atoms with Crippen molar-refractivity contribution < 1.29 is 4.79 Å². The lowest BCUT2D eigenvalue weighted by atomic mass is 10.1. The summed E-state index contributed by atoms with van der Waals surface area (Å²) in [5.41, 5.74) is 1.18. The van der Waals surface area contributed by atoms with Gasteiger partial charge in [0.05, 0.1) is 11.9 Å². The Morgan fingerprint density at radius 3 is 2.28 bits per heavy atom. The Morgan fingerprint density at radius 2 is 1.56 bits per heavy atom. The maximum absolute atomic E-state index is 12.9.